The lowest BCUT2D eigenvalue weighted by Gasteiger charge is -2.40. The van der Waals surface area contributed by atoms with Crippen LogP contribution in [0.2, 0.25) is 0 Å². The van der Waals surface area contributed by atoms with Gasteiger partial charge in [-0.3, -0.25) is 9.69 Å². The molecule has 0 bridgehead atoms. The van der Waals surface area contributed by atoms with Gasteiger partial charge in [0.15, 0.2) is 0 Å². The molecule has 0 N–H and O–H groups in total. The maximum absolute atomic E-state index is 13.5. The van der Waals surface area contributed by atoms with Crippen LogP contribution in [0.5, 0.6) is 0 Å². The van der Waals surface area contributed by atoms with Gasteiger partial charge in [0.1, 0.15) is 5.82 Å². The molecule has 0 saturated carbocycles. The fraction of sp³-hybridized carbons (Fsp3) is 0.435. The first-order chi connectivity index (χ1) is 15.3. The fourth-order valence-corrected chi connectivity index (χ4v) is 4.17. The lowest BCUT2D eigenvalue weighted by Crippen LogP contribution is -2.53. The van der Waals surface area contributed by atoms with Crippen molar-refractivity contribution >= 4 is 11.6 Å². The second-order valence-electron chi connectivity index (χ2n) is 8.09. The molecule has 2 fully saturated rings. The fourth-order valence-electron chi connectivity index (χ4n) is 4.17. The number of nitrogens with zero attached hydrogens (tertiary/aromatic N) is 3. The molecule has 1 atom stereocenters. The molecule has 9 heteroatoms. The summed E-state index contributed by atoms with van der Waals surface area (Å²) in [4.78, 5) is 18.5. The van der Waals surface area contributed by atoms with Gasteiger partial charge in [-0.15, -0.1) is 0 Å². The SMILES string of the molecule is O=C(c1cccc(F)c1)N1CCOC(CN2CCN(c3cccc(C(F)(F)F)c3)CC2)C1. The molecule has 4 rings (SSSR count). The number of hydrogen-bond acceptors (Lipinski definition) is 4. The Bertz CT molecular complexity index is 945. The summed E-state index contributed by atoms with van der Waals surface area (Å²) in [7, 11) is 0. The van der Waals surface area contributed by atoms with Gasteiger partial charge >= 0.3 is 6.18 Å². The normalized spacial score (nSPS) is 20.4. The number of hydrogen-bond donors (Lipinski definition) is 0. The van der Waals surface area contributed by atoms with Crippen LogP contribution in [-0.4, -0.2) is 74.2 Å². The molecule has 0 radical (unpaired) electrons. The van der Waals surface area contributed by atoms with E-state index < -0.39 is 17.6 Å². The monoisotopic (exact) mass is 451 g/mol. The highest BCUT2D eigenvalue weighted by molar-refractivity contribution is 5.94. The predicted molar refractivity (Wildman–Crippen MR) is 112 cm³/mol. The Balaban J connectivity index is 1.30. The standard InChI is InChI=1S/C23H25F4N3O2/c24-19-5-1-3-17(13-19)22(31)30-11-12-32-21(16-30)15-28-7-9-29(10-8-28)20-6-2-4-18(14-20)23(25,26)27/h1-6,13-14,21H,7-12,15-16H2. The van der Waals surface area contributed by atoms with Crippen LogP contribution in [0, 0.1) is 5.82 Å². The number of piperazine rings is 1. The summed E-state index contributed by atoms with van der Waals surface area (Å²) in [6.07, 6.45) is -4.52. The van der Waals surface area contributed by atoms with E-state index in [9.17, 15) is 22.4 Å². The van der Waals surface area contributed by atoms with E-state index in [4.69, 9.17) is 4.74 Å². The molecule has 2 aliphatic rings. The molecular weight excluding hydrogens is 426 g/mol. The predicted octanol–water partition coefficient (Wildman–Crippen LogP) is 3.51. The third kappa shape index (κ3) is 5.39. The van der Waals surface area contributed by atoms with Crippen molar-refractivity contribution in [1.29, 1.82) is 0 Å². The van der Waals surface area contributed by atoms with Gasteiger partial charge in [-0.2, -0.15) is 13.2 Å². The van der Waals surface area contributed by atoms with Crippen molar-refractivity contribution in [3.05, 3.63) is 65.5 Å². The zero-order valence-corrected chi connectivity index (χ0v) is 17.5. The maximum atomic E-state index is 13.5. The maximum Gasteiger partial charge on any atom is 0.416 e. The summed E-state index contributed by atoms with van der Waals surface area (Å²) in [6.45, 7) is 4.51. The number of ether oxygens (including phenoxy) is 1. The lowest BCUT2D eigenvalue weighted by atomic mass is 10.1. The van der Waals surface area contributed by atoms with Crippen molar-refractivity contribution in [3.63, 3.8) is 0 Å². The average molecular weight is 451 g/mol. The summed E-state index contributed by atoms with van der Waals surface area (Å²) in [5, 5.41) is 0. The van der Waals surface area contributed by atoms with E-state index in [1.54, 1.807) is 17.0 Å². The van der Waals surface area contributed by atoms with E-state index in [1.807, 2.05) is 4.90 Å². The minimum Gasteiger partial charge on any atom is -0.373 e. The molecule has 1 unspecified atom stereocenters. The molecule has 32 heavy (non-hydrogen) atoms. The number of anilines is 1. The van der Waals surface area contributed by atoms with Gasteiger partial charge < -0.3 is 14.5 Å². The van der Waals surface area contributed by atoms with Gasteiger partial charge in [0.05, 0.1) is 18.3 Å². The van der Waals surface area contributed by atoms with E-state index in [0.717, 1.165) is 6.07 Å². The van der Waals surface area contributed by atoms with Gasteiger partial charge in [-0.25, -0.2) is 4.39 Å². The van der Waals surface area contributed by atoms with Crippen molar-refractivity contribution in [2.24, 2.45) is 0 Å². The van der Waals surface area contributed by atoms with Crippen LogP contribution >= 0.6 is 0 Å². The largest absolute Gasteiger partial charge is 0.416 e. The van der Waals surface area contributed by atoms with Crippen molar-refractivity contribution in [2.75, 3.05) is 57.3 Å². The second-order valence-corrected chi connectivity index (χ2v) is 8.09. The van der Waals surface area contributed by atoms with Gasteiger partial charge in [0, 0.05) is 57.1 Å². The molecule has 2 aromatic carbocycles. The van der Waals surface area contributed by atoms with E-state index in [1.165, 1.54) is 30.3 Å². The Morgan fingerprint density at radius 3 is 2.47 bits per heavy atom. The molecule has 5 nitrogen and oxygen atoms in total. The third-order valence-corrected chi connectivity index (χ3v) is 5.87. The van der Waals surface area contributed by atoms with Gasteiger partial charge in [-0.1, -0.05) is 12.1 Å². The van der Waals surface area contributed by atoms with Crippen LogP contribution in [0.25, 0.3) is 0 Å². The Labute approximate surface area is 184 Å². The number of rotatable bonds is 4. The smallest absolute Gasteiger partial charge is 0.373 e. The van der Waals surface area contributed by atoms with E-state index >= 15 is 0 Å². The molecule has 0 aromatic heterocycles. The second kappa shape index (κ2) is 9.46. The van der Waals surface area contributed by atoms with Crippen LogP contribution < -0.4 is 4.90 Å². The molecule has 2 aliphatic heterocycles. The topological polar surface area (TPSA) is 36.0 Å². The first-order valence-corrected chi connectivity index (χ1v) is 10.6. The molecule has 0 aliphatic carbocycles. The number of amides is 1. The van der Waals surface area contributed by atoms with Crippen molar-refractivity contribution in [2.45, 2.75) is 12.3 Å². The number of benzene rings is 2. The van der Waals surface area contributed by atoms with E-state index in [-0.39, 0.29) is 12.0 Å². The van der Waals surface area contributed by atoms with E-state index in [0.29, 0.717) is 63.7 Å². The number of halogens is 4. The summed E-state index contributed by atoms with van der Waals surface area (Å²) in [6, 6.07) is 11.1. The quantitative estimate of drug-likeness (QED) is 0.667. The summed E-state index contributed by atoms with van der Waals surface area (Å²) >= 11 is 0. The molecule has 2 saturated heterocycles. The molecule has 1 amide bonds. The highest BCUT2D eigenvalue weighted by Crippen LogP contribution is 2.32. The molecular formula is C23H25F4N3O2. The van der Waals surface area contributed by atoms with E-state index in [2.05, 4.69) is 4.90 Å². The molecule has 2 heterocycles. The first-order valence-electron chi connectivity index (χ1n) is 10.6. The summed E-state index contributed by atoms with van der Waals surface area (Å²) < 4.78 is 58.3. The van der Waals surface area contributed by atoms with Crippen LogP contribution in [0.1, 0.15) is 15.9 Å². The van der Waals surface area contributed by atoms with Crippen LogP contribution in [-0.2, 0) is 10.9 Å². The zero-order chi connectivity index (χ0) is 22.7. The Kier molecular flexibility index (Phi) is 6.66. The van der Waals surface area contributed by atoms with Crippen LogP contribution in [0.3, 0.4) is 0 Å². The number of carbonyl (C=O) groups excluding carboxylic acids is 1. The number of morpholine rings is 1. The summed E-state index contributed by atoms with van der Waals surface area (Å²) in [5.74, 6) is -0.661. The van der Waals surface area contributed by atoms with Crippen molar-refractivity contribution in [3.8, 4) is 0 Å². The minimum atomic E-state index is -4.36. The minimum absolute atomic E-state index is 0.165. The van der Waals surface area contributed by atoms with Gasteiger partial charge in [0.25, 0.3) is 5.91 Å². The Hall–Kier alpha value is -2.65. The van der Waals surface area contributed by atoms with Crippen LogP contribution in [0.4, 0.5) is 23.2 Å². The average Bonchev–Trinajstić information content (AvgIpc) is 2.79. The molecule has 0 spiro atoms. The Morgan fingerprint density at radius 1 is 1.00 bits per heavy atom. The highest BCUT2D eigenvalue weighted by Gasteiger charge is 2.32. The number of carbonyl (C=O) groups is 1. The lowest BCUT2D eigenvalue weighted by molar-refractivity contribution is -0.137. The zero-order valence-electron chi connectivity index (χ0n) is 17.5. The molecule has 2 aromatic rings. The Morgan fingerprint density at radius 2 is 1.75 bits per heavy atom. The highest BCUT2D eigenvalue weighted by atomic mass is 19.4. The van der Waals surface area contributed by atoms with Crippen LogP contribution in [0.15, 0.2) is 48.5 Å². The molecule has 172 valence electrons. The first kappa shape index (κ1) is 22.5. The number of alkyl halides is 3. The van der Waals surface area contributed by atoms with Gasteiger partial charge in [0.2, 0.25) is 0 Å². The third-order valence-electron chi connectivity index (χ3n) is 5.87. The summed E-state index contributed by atoms with van der Waals surface area (Å²) in [5.41, 5.74) is 0.247. The van der Waals surface area contributed by atoms with Crippen molar-refractivity contribution in [1.82, 2.24) is 9.80 Å². The van der Waals surface area contributed by atoms with Gasteiger partial charge in [-0.05, 0) is 36.4 Å². The van der Waals surface area contributed by atoms with Crippen molar-refractivity contribution < 1.29 is 27.1 Å².